The van der Waals surface area contributed by atoms with Crippen molar-refractivity contribution in [3.05, 3.63) is 47.5 Å². The molecule has 0 saturated heterocycles. The first-order valence-corrected chi connectivity index (χ1v) is 6.69. The molecule has 1 aliphatic rings. The van der Waals surface area contributed by atoms with Gasteiger partial charge in [0, 0.05) is 5.02 Å². The van der Waals surface area contributed by atoms with Crippen molar-refractivity contribution >= 4 is 23.2 Å². The van der Waals surface area contributed by atoms with Crippen LogP contribution in [-0.2, 0) is 4.79 Å². The van der Waals surface area contributed by atoms with Crippen molar-refractivity contribution in [2.24, 2.45) is 0 Å². The van der Waals surface area contributed by atoms with Gasteiger partial charge in [0.1, 0.15) is 12.4 Å². The number of phenols is 1. The zero-order chi connectivity index (χ0) is 14.8. The summed E-state index contributed by atoms with van der Waals surface area (Å²) in [5, 5.41) is 12.7. The zero-order valence-electron chi connectivity index (χ0n) is 10.9. The molecule has 0 fully saturated rings. The summed E-state index contributed by atoms with van der Waals surface area (Å²) >= 11 is 5.83. The highest BCUT2D eigenvalue weighted by atomic mass is 35.5. The Hall–Kier alpha value is -2.40. The van der Waals surface area contributed by atoms with Crippen LogP contribution in [0.3, 0.4) is 0 Å². The van der Waals surface area contributed by atoms with Gasteiger partial charge in [-0.3, -0.25) is 4.79 Å². The third-order valence-electron chi connectivity index (χ3n) is 3.02. The van der Waals surface area contributed by atoms with Crippen LogP contribution in [0.5, 0.6) is 17.2 Å². The van der Waals surface area contributed by atoms with Crippen LogP contribution in [0.4, 0.5) is 5.69 Å². The number of halogens is 1. The Balaban J connectivity index is 1.74. The van der Waals surface area contributed by atoms with E-state index in [2.05, 4.69) is 5.32 Å². The molecule has 108 valence electrons. The molecule has 0 aliphatic carbocycles. The van der Waals surface area contributed by atoms with Gasteiger partial charge >= 0.3 is 0 Å². The highest BCUT2D eigenvalue weighted by molar-refractivity contribution is 6.31. The van der Waals surface area contributed by atoms with Gasteiger partial charge in [-0.2, -0.15) is 0 Å². The molecule has 5 nitrogen and oxygen atoms in total. The maximum atomic E-state index is 12.2. The number of rotatable bonds is 2. The number of carbonyl (C=O) groups is 1. The minimum absolute atomic E-state index is 0.0649. The molecule has 2 aromatic carbocycles. The molecule has 3 rings (SSSR count). The lowest BCUT2D eigenvalue weighted by Gasteiger charge is -2.25. The first kappa shape index (κ1) is 13.6. The number of hydrogen-bond donors (Lipinski definition) is 2. The molecule has 21 heavy (non-hydrogen) atoms. The van der Waals surface area contributed by atoms with Gasteiger partial charge in [0.25, 0.3) is 5.91 Å². The first-order chi connectivity index (χ1) is 10.1. The Labute approximate surface area is 126 Å². The highest BCUT2D eigenvalue weighted by Crippen LogP contribution is 2.32. The number of fused-ring (bicyclic) bond motifs is 1. The van der Waals surface area contributed by atoms with Gasteiger partial charge in [-0.1, -0.05) is 23.7 Å². The van der Waals surface area contributed by atoms with Crippen LogP contribution >= 0.6 is 11.6 Å². The number of para-hydroxylation sites is 2. The smallest absolute Gasteiger partial charge is 0.269 e. The van der Waals surface area contributed by atoms with Gasteiger partial charge in [-0.05, 0) is 30.3 Å². The standard InChI is InChI=1S/C15H12ClNO4/c16-9-5-6-11(18)10(7-9)17-15(19)14-8-20-12-3-1-2-4-13(12)21-14/h1-7,14,18H,8H2,(H,17,19). The lowest BCUT2D eigenvalue weighted by atomic mass is 10.2. The number of benzene rings is 2. The van der Waals surface area contributed by atoms with Crippen molar-refractivity contribution in [1.82, 2.24) is 0 Å². The Morgan fingerprint density at radius 3 is 2.81 bits per heavy atom. The average molecular weight is 306 g/mol. The number of hydrogen-bond acceptors (Lipinski definition) is 4. The summed E-state index contributed by atoms with van der Waals surface area (Å²) in [4.78, 5) is 12.2. The van der Waals surface area contributed by atoms with Crippen molar-refractivity contribution in [1.29, 1.82) is 0 Å². The third kappa shape index (κ3) is 2.87. The monoisotopic (exact) mass is 305 g/mol. The molecule has 1 atom stereocenters. The van der Waals surface area contributed by atoms with E-state index < -0.39 is 12.0 Å². The lowest BCUT2D eigenvalue weighted by Crippen LogP contribution is -2.40. The van der Waals surface area contributed by atoms with E-state index >= 15 is 0 Å². The number of nitrogens with one attached hydrogen (secondary N) is 1. The van der Waals surface area contributed by atoms with Crippen molar-refractivity contribution in [2.45, 2.75) is 6.10 Å². The lowest BCUT2D eigenvalue weighted by molar-refractivity contribution is -0.125. The van der Waals surface area contributed by atoms with Gasteiger partial charge in [0.15, 0.2) is 11.5 Å². The second-order valence-electron chi connectivity index (χ2n) is 4.51. The molecule has 1 aliphatic heterocycles. The summed E-state index contributed by atoms with van der Waals surface area (Å²) in [6.07, 6.45) is -0.793. The van der Waals surface area contributed by atoms with E-state index in [-0.39, 0.29) is 18.0 Å². The van der Waals surface area contributed by atoms with Crippen LogP contribution in [0.25, 0.3) is 0 Å². The quantitative estimate of drug-likeness (QED) is 0.837. The Morgan fingerprint density at radius 1 is 1.24 bits per heavy atom. The summed E-state index contributed by atoms with van der Waals surface area (Å²) in [7, 11) is 0. The van der Waals surface area contributed by atoms with Gasteiger partial charge in [0.05, 0.1) is 5.69 Å². The predicted molar refractivity (Wildman–Crippen MR) is 78.1 cm³/mol. The molecule has 0 spiro atoms. The molecule has 1 amide bonds. The van der Waals surface area contributed by atoms with E-state index in [4.69, 9.17) is 21.1 Å². The average Bonchev–Trinajstić information content (AvgIpc) is 2.50. The van der Waals surface area contributed by atoms with E-state index in [0.717, 1.165) is 0 Å². The summed E-state index contributed by atoms with van der Waals surface area (Å²) < 4.78 is 11.1. The minimum atomic E-state index is -0.793. The summed E-state index contributed by atoms with van der Waals surface area (Å²) in [6.45, 7) is 0.101. The molecular weight excluding hydrogens is 294 g/mol. The number of carbonyl (C=O) groups excluding carboxylic acids is 1. The topological polar surface area (TPSA) is 67.8 Å². The van der Waals surface area contributed by atoms with Crippen LogP contribution in [0, 0.1) is 0 Å². The molecule has 0 radical (unpaired) electrons. The van der Waals surface area contributed by atoms with Crippen LogP contribution in [0.2, 0.25) is 5.02 Å². The minimum Gasteiger partial charge on any atom is -0.506 e. The van der Waals surface area contributed by atoms with Crippen LogP contribution < -0.4 is 14.8 Å². The van der Waals surface area contributed by atoms with Crippen LogP contribution in [0.15, 0.2) is 42.5 Å². The molecule has 0 aromatic heterocycles. The van der Waals surface area contributed by atoms with Gasteiger partial charge in [0.2, 0.25) is 6.10 Å². The number of aromatic hydroxyl groups is 1. The van der Waals surface area contributed by atoms with Gasteiger partial charge in [-0.15, -0.1) is 0 Å². The van der Waals surface area contributed by atoms with Crippen LogP contribution in [0.1, 0.15) is 0 Å². The number of phenolic OH excluding ortho intramolecular Hbond substituents is 1. The fourth-order valence-corrected chi connectivity index (χ4v) is 2.14. The molecule has 0 saturated carbocycles. The van der Waals surface area contributed by atoms with Crippen LogP contribution in [-0.4, -0.2) is 23.7 Å². The Morgan fingerprint density at radius 2 is 2.00 bits per heavy atom. The zero-order valence-corrected chi connectivity index (χ0v) is 11.6. The van der Waals surface area contributed by atoms with Crippen molar-refractivity contribution < 1.29 is 19.4 Å². The van der Waals surface area contributed by atoms with E-state index in [0.29, 0.717) is 16.5 Å². The molecule has 6 heteroatoms. The molecule has 2 aromatic rings. The van der Waals surface area contributed by atoms with Crippen molar-refractivity contribution in [3.8, 4) is 17.2 Å². The maximum absolute atomic E-state index is 12.2. The Bertz CT molecular complexity index is 689. The fraction of sp³-hybridized carbons (Fsp3) is 0.133. The third-order valence-corrected chi connectivity index (χ3v) is 3.25. The maximum Gasteiger partial charge on any atom is 0.269 e. The second-order valence-corrected chi connectivity index (χ2v) is 4.95. The summed E-state index contributed by atoms with van der Waals surface area (Å²) in [5.74, 6) is 0.637. The van der Waals surface area contributed by atoms with Gasteiger partial charge in [-0.25, -0.2) is 0 Å². The van der Waals surface area contributed by atoms with E-state index in [1.165, 1.54) is 18.2 Å². The first-order valence-electron chi connectivity index (χ1n) is 6.31. The van der Waals surface area contributed by atoms with E-state index in [9.17, 15) is 9.90 Å². The normalized spacial score (nSPS) is 16.3. The molecule has 1 heterocycles. The Kier molecular flexibility index (Phi) is 3.58. The van der Waals surface area contributed by atoms with E-state index in [1.54, 1.807) is 18.2 Å². The fourth-order valence-electron chi connectivity index (χ4n) is 1.97. The number of ether oxygens (including phenoxy) is 2. The second kappa shape index (κ2) is 5.54. The largest absolute Gasteiger partial charge is 0.506 e. The van der Waals surface area contributed by atoms with Crippen molar-refractivity contribution in [2.75, 3.05) is 11.9 Å². The SMILES string of the molecule is O=C(Nc1cc(Cl)ccc1O)C1COc2ccccc2O1. The summed E-state index contributed by atoms with van der Waals surface area (Å²) in [6, 6.07) is 11.5. The summed E-state index contributed by atoms with van der Waals surface area (Å²) in [5.41, 5.74) is 0.231. The van der Waals surface area contributed by atoms with Crippen molar-refractivity contribution in [3.63, 3.8) is 0 Å². The number of anilines is 1. The molecule has 0 bridgehead atoms. The van der Waals surface area contributed by atoms with Gasteiger partial charge < -0.3 is 19.9 Å². The molecular formula is C15H12ClNO4. The number of amides is 1. The van der Waals surface area contributed by atoms with E-state index in [1.807, 2.05) is 6.07 Å². The predicted octanol–water partition coefficient (Wildman–Crippen LogP) is 2.82. The highest BCUT2D eigenvalue weighted by Gasteiger charge is 2.27. The molecule has 2 N–H and O–H groups in total. The molecule has 1 unspecified atom stereocenters.